The van der Waals surface area contributed by atoms with Gasteiger partial charge in [-0.1, -0.05) is 35.9 Å². The van der Waals surface area contributed by atoms with E-state index in [1.54, 1.807) is 22.8 Å². The van der Waals surface area contributed by atoms with Crippen LogP contribution in [0, 0.1) is 12.7 Å². The molecule has 0 saturated heterocycles. The number of halogens is 2. The number of hydrogen-bond donors (Lipinski definition) is 0. The molecule has 6 heteroatoms. The van der Waals surface area contributed by atoms with Crippen LogP contribution in [0.15, 0.2) is 54.7 Å². The Bertz CT molecular complexity index is 1250. The predicted molar refractivity (Wildman–Crippen MR) is 110 cm³/mol. The molecule has 2 heterocycles. The highest BCUT2D eigenvalue weighted by molar-refractivity contribution is 6.30. The van der Waals surface area contributed by atoms with Gasteiger partial charge in [-0.25, -0.2) is 13.9 Å². The first-order chi connectivity index (χ1) is 14.0. The Kier molecular flexibility index (Phi) is 4.21. The van der Waals surface area contributed by atoms with Gasteiger partial charge in [0, 0.05) is 23.2 Å². The van der Waals surface area contributed by atoms with Crippen molar-refractivity contribution in [2.45, 2.75) is 25.7 Å². The van der Waals surface area contributed by atoms with Crippen LogP contribution in [0.4, 0.5) is 4.39 Å². The normalized spacial score (nSPS) is 16.2. The minimum absolute atomic E-state index is 0.0663. The monoisotopic (exact) mass is 405 g/mol. The van der Waals surface area contributed by atoms with Gasteiger partial charge < -0.3 is 0 Å². The second kappa shape index (κ2) is 6.78. The molecule has 144 valence electrons. The molecular weight excluding hydrogens is 389 g/mol. The van der Waals surface area contributed by atoms with Gasteiger partial charge in [-0.05, 0) is 54.7 Å². The fraction of sp³-hybridized carbons (Fsp3) is 0.174. The maximum absolute atomic E-state index is 13.4. The van der Waals surface area contributed by atoms with Crippen molar-refractivity contribution in [3.05, 3.63) is 88.1 Å². The third kappa shape index (κ3) is 3.02. The lowest BCUT2D eigenvalue weighted by Crippen LogP contribution is -2.22. The van der Waals surface area contributed by atoms with Gasteiger partial charge >= 0.3 is 0 Å². The molecule has 2 aromatic heterocycles. The number of carbonyl (C=O) groups excluding carboxylic acids is 1. The lowest BCUT2D eigenvalue weighted by atomic mass is 9.82. The Morgan fingerprint density at radius 2 is 1.79 bits per heavy atom. The molecule has 0 radical (unpaired) electrons. The first-order valence-corrected chi connectivity index (χ1v) is 9.81. The second-order valence-electron chi connectivity index (χ2n) is 7.40. The van der Waals surface area contributed by atoms with Gasteiger partial charge in [-0.3, -0.25) is 4.79 Å². The molecule has 0 amide bonds. The molecule has 0 bridgehead atoms. The summed E-state index contributed by atoms with van der Waals surface area (Å²) in [5.74, 6) is -0.154. The highest BCUT2D eigenvalue weighted by Crippen LogP contribution is 2.35. The van der Waals surface area contributed by atoms with E-state index in [9.17, 15) is 9.18 Å². The second-order valence-corrected chi connectivity index (χ2v) is 7.84. The van der Waals surface area contributed by atoms with Crippen LogP contribution in [0.2, 0.25) is 5.02 Å². The summed E-state index contributed by atoms with van der Waals surface area (Å²) in [6.07, 6.45) is 2.78. The van der Waals surface area contributed by atoms with Crippen molar-refractivity contribution >= 4 is 23.0 Å². The molecule has 1 aliphatic carbocycles. The van der Waals surface area contributed by atoms with Crippen molar-refractivity contribution in [2.24, 2.45) is 0 Å². The zero-order valence-corrected chi connectivity index (χ0v) is 16.4. The number of hydrogen-bond acceptors (Lipinski definition) is 3. The Balaban J connectivity index is 1.65. The number of Topliss-reactive ketones (excluding diaryl/α,β-unsaturated/α-hetero) is 1. The highest BCUT2D eigenvalue weighted by Gasteiger charge is 2.30. The lowest BCUT2D eigenvalue weighted by molar-refractivity contribution is 0.0962. The van der Waals surface area contributed by atoms with E-state index in [1.807, 2.05) is 31.2 Å². The molecule has 5 rings (SSSR count). The predicted octanol–water partition coefficient (Wildman–Crippen LogP) is 5.41. The number of ketones is 1. The molecule has 0 N–H and O–H groups in total. The summed E-state index contributed by atoms with van der Waals surface area (Å²) in [6.45, 7) is 1.90. The van der Waals surface area contributed by atoms with Crippen LogP contribution in [0.1, 0.15) is 39.6 Å². The van der Waals surface area contributed by atoms with E-state index in [2.05, 4.69) is 10.1 Å². The maximum atomic E-state index is 13.4. The summed E-state index contributed by atoms with van der Waals surface area (Å²) in [4.78, 5) is 17.4. The average Bonchev–Trinajstić information content (AvgIpc) is 3.05. The van der Waals surface area contributed by atoms with Crippen molar-refractivity contribution in [3.63, 3.8) is 0 Å². The van der Waals surface area contributed by atoms with Gasteiger partial charge in [0.2, 0.25) is 0 Å². The number of benzene rings is 2. The van der Waals surface area contributed by atoms with E-state index in [0.29, 0.717) is 29.1 Å². The third-order valence-electron chi connectivity index (χ3n) is 5.56. The summed E-state index contributed by atoms with van der Waals surface area (Å²) >= 11 is 6.01. The molecular formula is C23H17ClFN3O. The molecule has 29 heavy (non-hydrogen) atoms. The fourth-order valence-corrected chi connectivity index (χ4v) is 4.26. The maximum Gasteiger partial charge on any atom is 0.166 e. The van der Waals surface area contributed by atoms with E-state index in [1.165, 1.54) is 12.1 Å². The minimum atomic E-state index is -0.287. The van der Waals surface area contributed by atoms with Crippen LogP contribution >= 0.6 is 11.6 Å². The summed E-state index contributed by atoms with van der Waals surface area (Å²) in [5, 5.41) is 5.36. The largest absolute Gasteiger partial charge is 0.294 e. The molecule has 4 aromatic rings. The topological polar surface area (TPSA) is 47.3 Å². The average molecular weight is 406 g/mol. The van der Waals surface area contributed by atoms with Gasteiger partial charge in [0.15, 0.2) is 11.4 Å². The Morgan fingerprint density at radius 1 is 1.07 bits per heavy atom. The number of aromatic nitrogens is 3. The van der Waals surface area contributed by atoms with E-state index in [-0.39, 0.29) is 17.5 Å². The van der Waals surface area contributed by atoms with Crippen LogP contribution in [-0.2, 0) is 6.42 Å². The van der Waals surface area contributed by atoms with Gasteiger partial charge in [-0.15, -0.1) is 0 Å². The third-order valence-corrected chi connectivity index (χ3v) is 5.82. The van der Waals surface area contributed by atoms with E-state index in [0.717, 1.165) is 28.1 Å². The summed E-state index contributed by atoms with van der Waals surface area (Å²) in [6, 6.07) is 14.0. The van der Waals surface area contributed by atoms with Crippen molar-refractivity contribution < 1.29 is 9.18 Å². The number of fused-ring (bicyclic) bond motifs is 3. The summed E-state index contributed by atoms with van der Waals surface area (Å²) in [5.41, 5.74) is 5.74. The molecule has 0 aliphatic heterocycles. The number of rotatable bonds is 2. The standard InChI is InChI=1S/C23H17ClFN3O/c1-13-22(15-4-8-18(25)9-5-15)23-26-12-19-20(28(23)27-13)10-16(11-21(19)29)14-2-6-17(24)7-3-14/h2-9,12,16H,10-11H2,1H3/t16-/m1/s1. The van der Waals surface area contributed by atoms with E-state index < -0.39 is 0 Å². The van der Waals surface area contributed by atoms with Crippen LogP contribution in [0.25, 0.3) is 16.8 Å². The molecule has 0 fully saturated rings. The van der Waals surface area contributed by atoms with Gasteiger partial charge in [0.05, 0.1) is 17.0 Å². The smallest absolute Gasteiger partial charge is 0.166 e. The molecule has 4 nitrogen and oxygen atoms in total. The Morgan fingerprint density at radius 3 is 2.52 bits per heavy atom. The number of carbonyl (C=O) groups is 1. The summed E-state index contributed by atoms with van der Waals surface area (Å²) in [7, 11) is 0. The Hall–Kier alpha value is -3.05. The van der Waals surface area contributed by atoms with Gasteiger partial charge in [0.25, 0.3) is 0 Å². The van der Waals surface area contributed by atoms with Gasteiger partial charge in [-0.2, -0.15) is 5.10 Å². The number of nitrogens with zero attached hydrogens (tertiary/aromatic N) is 3. The molecule has 0 spiro atoms. The minimum Gasteiger partial charge on any atom is -0.294 e. The quantitative estimate of drug-likeness (QED) is 0.448. The van der Waals surface area contributed by atoms with Crippen molar-refractivity contribution in [1.82, 2.24) is 14.6 Å². The zero-order chi connectivity index (χ0) is 20.1. The fourth-order valence-electron chi connectivity index (χ4n) is 4.13. The highest BCUT2D eigenvalue weighted by atomic mass is 35.5. The molecule has 1 aliphatic rings. The van der Waals surface area contributed by atoms with E-state index >= 15 is 0 Å². The van der Waals surface area contributed by atoms with Gasteiger partial charge in [0.1, 0.15) is 5.82 Å². The van der Waals surface area contributed by atoms with Crippen molar-refractivity contribution in [2.75, 3.05) is 0 Å². The lowest BCUT2D eigenvalue weighted by Gasteiger charge is -2.24. The van der Waals surface area contributed by atoms with Crippen LogP contribution in [-0.4, -0.2) is 20.4 Å². The zero-order valence-electron chi connectivity index (χ0n) is 15.7. The van der Waals surface area contributed by atoms with Crippen LogP contribution < -0.4 is 0 Å². The van der Waals surface area contributed by atoms with Crippen LogP contribution in [0.3, 0.4) is 0 Å². The van der Waals surface area contributed by atoms with Crippen molar-refractivity contribution in [1.29, 1.82) is 0 Å². The van der Waals surface area contributed by atoms with Crippen LogP contribution in [0.5, 0.6) is 0 Å². The van der Waals surface area contributed by atoms with E-state index in [4.69, 9.17) is 11.6 Å². The Labute approximate surface area is 172 Å². The molecule has 0 saturated carbocycles. The molecule has 0 unspecified atom stereocenters. The molecule has 1 atom stereocenters. The SMILES string of the molecule is Cc1nn2c3c(cnc2c1-c1ccc(F)cc1)C(=O)C[C@H](c1ccc(Cl)cc1)C3. The molecule has 2 aromatic carbocycles. The van der Waals surface area contributed by atoms with Crippen molar-refractivity contribution in [3.8, 4) is 11.1 Å². The first-order valence-electron chi connectivity index (χ1n) is 9.43. The first kappa shape index (κ1) is 18.0. The summed E-state index contributed by atoms with van der Waals surface area (Å²) < 4.78 is 15.1. The number of aryl methyl sites for hydroxylation is 1.